The Hall–Kier alpha value is -1.68. The van der Waals surface area contributed by atoms with Gasteiger partial charge < -0.3 is 5.11 Å². The van der Waals surface area contributed by atoms with Gasteiger partial charge in [0.25, 0.3) is 0 Å². The van der Waals surface area contributed by atoms with Crippen LogP contribution in [0.5, 0.6) is 0 Å². The Morgan fingerprint density at radius 1 is 1.59 bits per heavy atom. The molecule has 0 bridgehead atoms. The zero-order valence-electron chi connectivity index (χ0n) is 9.38. The summed E-state index contributed by atoms with van der Waals surface area (Å²) in [5.41, 5.74) is 0.971. The van der Waals surface area contributed by atoms with Crippen LogP contribution in [0.2, 0.25) is 5.02 Å². The molecule has 4 nitrogen and oxygen atoms in total. The third-order valence-electron chi connectivity index (χ3n) is 1.96. The minimum absolute atomic E-state index is 0.351. The molecule has 17 heavy (non-hydrogen) atoms. The molecule has 1 rings (SSSR count). The van der Waals surface area contributed by atoms with Gasteiger partial charge in [-0.05, 0) is 24.6 Å². The Balaban J connectivity index is 2.43. The molecule has 0 radical (unpaired) electrons. The number of carbonyl (C=O) groups is 1. The van der Waals surface area contributed by atoms with Crippen LogP contribution in [-0.4, -0.2) is 23.7 Å². The van der Waals surface area contributed by atoms with Crippen LogP contribution in [0.15, 0.2) is 40.6 Å². The first-order chi connectivity index (χ1) is 8.09. The quantitative estimate of drug-likeness (QED) is 0.818. The van der Waals surface area contributed by atoms with Crippen LogP contribution in [0.3, 0.4) is 0 Å². The smallest absolute Gasteiger partial charge is 0.330 e. The van der Waals surface area contributed by atoms with E-state index in [0.717, 1.165) is 5.56 Å². The summed E-state index contributed by atoms with van der Waals surface area (Å²) >= 11 is 5.82. The molecule has 0 amide bonds. The van der Waals surface area contributed by atoms with E-state index in [4.69, 9.17) is 16.7 Å². The summed E-state index contributed by atoms with van der Waals surface area (Å²) in [6, 6.07) is 6.60. The molecule has 1 unspecified atom stereocenters. The molecule has 90 valence electrons. The van der Waals surface area contributed by atoms with E-state index in [2.05, 4.69) is 10.2 Å². The molecule has 0 fully saturated rings. The minimum atomic E-state index is -0.979. The van der Waals surface area contributed by atoms with Crippen LogP contribution in [0, 0.1) is 0 Å². The lowest BCUT2D eigenvalue weighted by Gasteiger charge is -1.95. The highest BCUT2D eigenvalue weighted by Gasteiger charge is 2.06. The Kier molecular flexibility index (Phi) is 5.36. The van der Waals surface area contributed by atoms with Crippen molar-refractivity contribution < 1.29 is 9.90 Å². The third kappa shape index (κ3) is 5.26. The zero-order valence-corrected chi connectivity index (χ0v) is 10.1. The second-order valence-electron chi connectivity index (χ2n) is 3.41. The fourth-order valence-corrected chi connectivity index (χ4v) is 1.26. The summed E-state index contributed by atoms with van der Waals surface area (Å²) in [7, 11) is 0. The predicted octanol–water partition coefficient (Wildman–Crippen LogP) is 3.28. The van der Waals surface area contributed by atoms with Crippen molar-refractivity contribution in [3.8, 4) is 0 Å². The van der Waals surface area contributed by atoms with Gasteiger partial charge in [0.15, 0.2) is 6.04 Å². The molecule has 0 saturated heterocycles. The molecule has 1 aromatic rings. The number of nitrogens with zero attached hydrogens (tertiary/aromatic N) is 2. The van der Waals surface area contributed by atoms with Gasteiger partial charge in [-0.3, -0.25) is 0 Å². The minimum Gasteiger partial charge on any atom is -0.480 e. The van der Waals surface area contributed by atoms with E-state index < -0.39 is 12.0 Å². The average Bonchev–Trinajstić information content (AvgIpc) is 2.28. The van der Waals surface area contributed by atoms with E-state index in [1.807, 2.05) is 24.3 Å². The maximum Gasteiger partial charge on any atom is 0.330 e. The van der Waals surface area contributed by atoms with Gasteiger partial charge in [0, 0.05) is 5.02 Å². The molecule has 0 aromatic heterocycles. The van der Waals surface area contributed by atoms with Gasteiger partial charge in [0.2, 0.25) is 0 Å². The molecule has 0 aliphatic rings. The van der Waals surface area contributed by atoms with Crippen molar-refractivity contribution in [3.63, 3.8) is 0 Å². The van der Waals surface area contributed by atoms with Crippen LogP contribution in [0.25, 0.3) is 6.08 Å². The Morgan fingerprint density at radius 2 is 2.35 bits per heavy atom. The van der Waals surface area contributed by atoms with E-state index in [0.29, 0.717) is 11.6 Å². The number of rotatable bonds is 5. The van der Waals surface area contributed by atoms with Crippen LogP contribution >= 0.6 is 11.6 Å². The van der Waals surface area contributed by atoms with Crippen LogP contribution in [-0.2, 0) is 4.79 Å². The second kappa shape index (κ2) is 6.81. The van der Waals surface area contributed by atoms with Gasteiger partial charge in [-0.15, -0.1) is 0 Å². The largest absolute Gasteiger partial charge is 0.480 e. The monoisotopic (exact) mass is 252 g/mol. The normalized spacial score (nSPS) is 13.3. The molecular weight excluding hydrogens is 240 g/mol. The summed E-state index contributed by atoms with van der Waals surface area (Å²) in [5.74, 6) is -0.979. The summed E-state index contributed by atoms with van der Waals surface area (Å²) in [4.78, 5) is 10.4. The predicted molar refractivity (Wildman–Crippen MR) is 67.3 cm³/mol. The molecule has 1 atom stereocenters. The van der Waals surface area contributed by atoms with Crippen molar-refractivity contribution in [3.05, 3.63) is 40.9 Å². The van der Waals surface area contributed by atoms with Crippen LogP contribution in [0.4, 0.5) is 0 Å². The van der Waals surface area contributed by atoms with Crippen LogP contribution in [0.1, 0.15) is 12.5 Å². The fourth-order valence-electron chi connectivity index (χ4n) is 1.07. The molecule has 0 spiro atoms. The molecule has 1 aromatic carbocycles. The number of benzene rings is 1. The van der Waals surface area contributed by atoms with E-state index in [1.54, 1.807) is 12.1 Å². The van der Waals surface area contributed by atoms with Crippen molar-refractivity contribution in [2.75, 3.05) is 6.54 Å². The SMILES string of the molecule is CC(N=NCC=Cc1cccc(Cl)c1)C(=O)O. The first-order valence-electron chi connectivity index (χ1n) is 5.11. The second-order valence-corrected chi connectivity index (χ2v) is 3.85. The van der Waals surface area contributed by atoms with Crippen molar-refractivity contribution in [2.45, 2.75) is 13.0 Å². The Morgan fingerprint density at radius 3 is 3.00 bits per heavy atom. The number of carboxylic acids is 1. The maximum atomic E-state index is 10.4. The number of aliphatic carboxylic acids is 1. The van der Waals surface area contributed by atoms with Crippen molar-refractivity contribution >= 4 is 23.6 Å². The lowest BCUT2D eigenvalue weighted by Crippen LogP contribution is -2.12. The molecule has 5 heteroatoms. The first-order valence-corrected chi connectivity index (χ1v) is 5.49. The number of azo groups is 1. The zero-order chi connectivity index (χ0) is 12.7. The highest BCUT2D eigenvalue weighted by atomic mass is 35.5. The number of hydrogen-bond acceptors (Lipinski definition) is 3. The molecule has 0 aliphatic carbocycles. The van der Waals surface area contributed by atoms with Gasteiger partial charge in [0.1, 0.15) is 0 Å². The van der Waals surface area contributed by atoms with Gasteiger partial charge in [-0.2, -0.15) is 10.2 Å². The van der Waals surface area contributed by atoms with Crippen LogP contribution < -0.4 is 0 Å². The van der Waals surface area contributed by atoms with E-state index in [-0.39, 0.29) is 0 Å². The number of carboxylic acid groups (broad SMARTS) is 1. The molecule has 0 aliphatic heterocycles. The standard InChI is InChI=1S/C12H13ClN2O2/c1-9(12(16)17)15-14-7-3-5-10-4-2-6-11(13)8-10/h2-6,8-9H,7H2,1H3,(H,16,17). The lowest BCUT2D eigenvalue weighted by atomic mass is 10.2. The molecule has 0 saturated carbocycles. The van der Waals surface area contributed by atoms with Crippen molar-refractivity contribution in [2.24, 2.45) is 10.2 Å². The summed E-state index contributed by atoms with van der Waals surface area (Å²) in [6.07, 6.45) is 3.65. The summed E-state index contributed by atoms with van der Waals surface area (Å²) in [5, 5.41) is 16.6. The van der Waals surface area contributed by atoms with Crippen molar-refractivity contribution in [1.29, 1.82) is 0 Å². The maximum absolute atomic E-state index is 10.4. The van der Waals surface area contributed by atoms with Gasteiger partial charge in [-0.25, -0.2) is 4.79 Å². The van der Waals surface area contributed by atoms with Gasteiger partial charge in [-0.1, -0.05) is 35.9 Å². The molecule has 0 heterocycles. The van der Waals surface area contributed by atoms with Gasteiger partial charge >= 0.3 is 5.97 Å². The Labute approximate surface area is 105 Å². The Bertz CT molecular complexity index is 444. The highest BCUT2D eigenvalue weighted by molar-refractivity contribution is 6.30. The number of halogens is 1. The molecular formula is C12H13ClN2O2. The van der Waals surface area contributed by atoms with E-state index in [9.17, 15) is 4.79 Å². The lowest BCUT2D eigenvalue weighted by molar-refractivity contribution is -0.138. The third-order valence-corrected chi connectivity index (χ3v) is 2.19. The van der Waals surface area contributed by atoms with E-state index >= 15 is 0 Å². The summed E-state index contributed by atoms with van der Waals surface area (Å²) < 4.78 is 0. The fraction of sp³-hybridized carbons (Fsp3) is 0.250. The summed E-state index contributed by atoms with van der Waals surface area (Å²) in [6.45, 7) is 1.83. The van der Waals surface area contributed by atoms with Gasteiger partial charge in [0.05, 0.1) is 6.54 Å². The molecule has 1 N–H and O–H groups in total. The van der Waals surface area contributed by atoms with Crippen molar-refractivity contribution in [1.82, 2.24) is 0 Å². The average molecular weight is 253 g/mol. The topological polar surface area (TPSA) is 62.0 Å². The first kappa shape index (κ1) is 13.4. The van der Waals surface area contributed by atoms with E-state index in [1.165, 1.54) is 6.92 Å². The highest BCUT2D eigenvalue weighted by Crippen LogP contribution is 2.11. The number of hydrogen-bond donors (Lipinski definition) is 1.